The zero-order valence-electron chi connectivity index (χ0n) is 17.4. The Balaban J connectivity index is 1.61. The number of ether oxygens (including phenoxy) is 2. The van der Waals surface area contributed by atoms with Crippen LogP contribution in [0.4, 0.5) is 0 Å². The van der Waals surface area contributed by atoms with Gasteiger partial charge in [-0.3, -0.25) is 9.69 Å². The Bertz CT molecular complexity index is 815. The minimum Gasteiger partial charge on any atom is -0.493 e. The highest BCUT2D eigenvalue weighted by Crippen LogP contribution is 2.31. The van der Waals surface area contributed by atoms with Gasteiger partial charge < -0.3 is 14.8 Å². The second-order valence-electron chi connectivity index (χ2n) is 7.62. The number of amides is 1. The number of carbonyl (C=O) groups excluding carboxylic acids is 1. The molecule has 0 aromatic heterocycles. The number of sulfonamides is 1. The van der Waals surface area contributed by atoms with Gasteiger partial charge in [0.2, 0.25) is 15.9 Å². The molecule has 1 aromatic carbocycles. The molecule has 1 saturated carbocycles. The van der Waals surface area contributed by atoms with Gasteiger partial charge >= 0.3 is 0 Å². The first-order valence-electron chi connectivity index (χ1n) is 10.1. The average molecular weight is 426 g/mol. The summed E-state index contributed by atoms with van der Waals surface area (Å²) in [5.74, 6) is 0.899. The minimum absolute atomic E-state index is 0.0353. The Hall–Kier alpha value is -1.84. The molecule has 2 aliphatic rings. The summed E-state index contributed by atoms with van der Waals surface area (Å²) in [4.78, 5) is 14.7. The molecule has 1 amide bonds. The van der Waals surface area contributed by atoms with Crippen molar-refractivity contribution >= 4 is 15.9 Å². The van der Waals surface area contributed by atoms with Crippen LogP contribution < -0.4 is 14.8 Å². The average Bonchev–Trinajstić information content (AvgIpc) is 3.25. The van der Waals surface area contributed by atoms with Crippen LogP contribution >= 0.6 is 0 Å². The van der Waals surface area contributed by atoms with Crippen molar-refractivity contribution in [2.75, 3.05) is 40.4 Å². The first-order valence-corrected chi connectivity index (χ1v) is 11.6. The van der Waals surface area contributed by atoms with Gasteiger partial charge in [-0.2, -0.15) is 4.31 Å². The van der Waals surface area contributed by atoms with Gasteiger partial charge in [0.1, 0.15) is 0 Å². The SMILES string of the molecule is COc1ccc(S(=O)(=O)N2CCN([C@@H](C)C(=O)NC3CCCC3)CC2)cc1OC. The number of carbonyl (C=O) groups is 1. The molecule has 1 heterocycles. The van der Waals surface area contributed by atoms with Crippen molar-refractivity contribution in [1.29, 1.82) is 0 Å². The van der Waals surface area contributed by atoms with Crippen molar-refractivity contribution in [1.82, 2.24) is 14.5 Å². The van der Waals surface area contributed by atoms with E-state index in [4.69, 9.17) is 9.47 Å². The summed E-state index contributed by atoms with van der Waals surface area (Å²) < 4.78 is 37.9. The van der Waals surface area contributed by atoms with Gasteiger partial charge in [-0.05, 0) is 31.9 Å². The molecule has 0 unspecified atom stereocenters. The fourth-order valence-electron chi connectivity index (χ4n) is 4.02. The van der Waals surface area contributed by atoms with Crippen LogP contribution in [0.3, 0.4) is 0 Å². The smallest absolute Gasteiger partial charge is 0.243 e. The van der Waals surface area contributed by atoms with Crippen molar-refractivity contribution in [3.63, 3.8) is 0 Å². The Morgan fingerprint density at radius 2 is 1.69 bits per heavy atom. The van der Waals surface area contributed by atoms with Crippen LogP contribution in [0.25, 0.3) is 0 Å². The summed E-state index contributed by atoms with van der Waals surface area (Å²) in [5, 5.41) is 3.13. The third-order valence-electron chi connectivity index (χ3n) is 5.89. The standard InChI is InChI=1S/C20H31N3O5S/c1-15(20(24)21-16-6-4-5-7-16)22-10-12-23(13-11-22)29(25,26)17-8-9-18(27-2)19(14-17)28-3/h8-9,14-16H,4-7,10-13H2,1-3H3,(H,21,24)/t15-/m0/s1. The van der Waals surface area contributed by atoms with Crippen molar-refractivity contribution in [3.8, 4) is 11.5 Å². The maximum absolute atomic E-state index is 13.0. The topological polar surface area (TPSA) is 88.2 Å². The number of rotatable bonds is 7. The molecule has 9 heteroatoms. The number of nitrogens with zero attached hydrogens (tertiary/aromatic N) is 2. The van der Waals surface area contributed by atoms with Gasteiger partial charge in [-0.15, -0.1) is 0 Å². The van der Waals surface area contributed by atoms with Crippen LogP contribution in [0.15, 0.2) is 23.1 Å². The zero-order valence-corrected chi connectivity index (χ0v) is 18.2. The lowest BCUT2D eigenvalue weighted by atomic mass is 10.2. The van der Waals surface area contributed by atoms with Gasteiger partial charge in [-0.1, -0.05) is 12.8 Å². The summed E-state index contributed by atoms with van der Waals surface area (Å²) in [6.45, 7) is 3.62. The van der Waals surface area contributed by atoms with E-state index in [0.29, 0.717) is 37.7 Å². The fourth-order valence-corrected chi connectivity index (χ4v) is 5.45. The van der Waals surface area contributed by atoms with Crippen LogP contribution in [0, 0.1) is 0 Å². The first-order chi connectivity index (χ1) is 13.9. The lowest BCUT2D eigenvalue weighted by Gasteiger charge is -2.37. The Labute approximate surface area is 173 Å². The van der Waals surface area contributed by atoms with E-state index in [9.17, 15) is 13.2 Å². The molecule has 0 radical (unpaired) electrons. The molecule has 1 aliphatic heterocycles. The lowest BCUT2D eigenvalue weighted by Crippen LogP contribution is -2.55. The number of piperazine rings is 1. The molecule has 162 valence electrons. The van der Waals surface area contributed by atoms with E-state index < -0.39 is 10.0 Å². The highest BCUT2D eigenvalue weighted by Gasteiger charge is 2.33. The van der Waals surface area contributed by atoms with Crippen molar-refractivity contribution in [3.05, 3.63) is 18.2 Å². The third-order valence-corrected chi connectivity index (χ3v) is 7.79. The molecule has 8 nitrogen and oxygen atoms in total. The molecule has 29 heavy (non-hydrogen) atoms. The predicted molar refractivity (Wildman–Crippen MR) is 110 cm³/mol. The minimum atomic E-state index is -3.64. The first kappa shape index (κ1) is 21.9. The number of benzene rings is 1. The highest BCUT2D eigenvalue weighted by molar-refractivity contribution is 7.89. The summed E-state index contributed by atoms with van der Waals surface area (Å²) in [5.41, 5.74) is 0. The van der Waals surface area contributed by atoms with Crippen LogP contribution in [0.1, 0.15) is 32.6 Å². The Morgan fingerprint density at radius 1 is 1.07 bits per heavy atom. The molecule has 3 rings (SSSR count). The molecule has 1 saturated heterocycles. The number of nitrogens with one attached hydrogen (secondary N) is 1. The second-order valence-corrected chi connectivity index (χ2v) is 9.56. The molecule has 1 aliphatic carbocycles. The van der Waals surface area contributed by atoms with Crippen molar-refractivity contribution in [2.45, 2.75) is 49.6 Å². The summed E-state index contributed by atoms with van der Waals surface area (Å²) in [7, 11) is -0.651. The number of methoxy groups -OCH3 is 2. The molecule has 2 fully saturated rings. The van der Waals surface area contributed by atoms with E-state index in [2.05, 4.69) is 5.32 Å². The van der Waals surface area contributed by atoms with E-state index >= 15 is 0 Å². The van der Waals surface area contributed by atoms with E-state index in [1.54, 1.807) is 6.07 Å². The van der Waals surface area contributed by atoms with Crippen LogP contribution in [0.5, 0.6) is 11.5 Å². The molecular weight excluding hydrogens is 394 g/mol. The molecule has 1 atom stereocenters. The second kappa shape index (κ2) is 9.32. The van der Waals surface area contributed by atoms with E-state index in [0.717, 1.165) is 12.8 Å². The maximum Gasteiger partial charge on any atom is 0.243 e. The van der Waals surface area contributed by atoms with Crippen molar-refractivity contribution < 1.29 is 22.7 Å². The molecule has 0 spiro atoms. The van der Waals surface area contributed by atoms with E-state index in [-0.39, 0.29) is 22.9 Å². The normalized spacial score (nSPS) is 20.4. The molecule has 1 aromatic rings. The molecule has 1 N–H and O–H groups in total. The quantitative estimate of drug-likeness (QED) is 0.712. The van der Waals surface area contributed by atoms with Gasteiger partial charge in [0.05, 0.1) is 25.2 Å². The van der Waals surface area contributed by atoms with E-state index in [1.807, 2.05) is 11.8 Å². The van der Waals surface area contributed by atoms with Gasteiger partial charge in [0.25, 0.3) is 0 Å². The zero-order chi connectivity index (χ0) is 21.0. The lowest BCUT2D eigenvalue weighted by molar-refractivity contribution is -0.127. The van der Waals surface area contributed by atoms with Gasteiger partial charge in [-0.25, -0.2) is 8.42 Å². The van der Waals surface area contributed by atoms with Crippen LogP contribution in [-0.4, -0.2) is 76.0 Å². The number of hydrogen-bond donors (Lipinski definition) is 1. The fraction of sp³-hybridized carbons (Fsp3) is 0.650. The van der Waals surface area contributed by atoms with Crippen molar-refractivity contribution in [2.24, 2.45) is 0 Å². The van der Waals surface area contributed by atoms with Gasteiger partial charge in [0.15, 0.2) is 11.5 Å². The predicted octanol–water partition coefficient (Wildman–Crippen LogP) is 1.46. The van der Waals surface area contributed by atoms with Crippen LogP contribution in [0.2, 0.25) is 0 Å². The van der Waals surface area contributed by atoms with E-state index in [1.165, 1.54) is 43.5 Å². The summed E-state index contributed by atoms with van der Waals surface area (Å²) in [6, 6.07) is 4.63. The largest absolute Gasteiger partial charge is 0.493 e. The Kier molecular flexibility index (Phi) is 7.02. The molecular formula is C20H31N3O5S. The Morgan fingerprint density at radius 3 is 2.28 bits per heavy atom. The highest BCUT2D eigenvalue weighted by atomic mass is 32.2. The maximum atomic E-state index is 13.0. The summed E-state index contributed by atoms with van der Waals surface area (Å²) >= 11 is 0. The van der Waals surface area contributed by atoms with Gasteiger partial charge in [0, 0.05) is 38.3 Å². The number of hydrogen-bond acceptors (Lipinski definition) is 6. The van der Waals surface area contributed by atoms with Crippen LogP contribution in [-0.2, 0) is 14.8 Å². The molecule has 0 bridgehead atoms. The third kappa shape index (κ3) is 4.84. The monoisotopic (exact) mass is 425 g/mol. The summed E-state index contributed by atoms with van der Waals surface area (Å²) in [6.07, 6.45) is 4.45.